The summed E-state index contributed by atoms with van der Waals surface area (Å²) in [5.41, 5.74) is 2.30. The van der Waals surface area contributed by atoms with E-state index in [2.05, 4.69) is 31.8 Å². The van der Waals surface area contributed by atoms with Crippen LogP contribution in [0.15, 0.2) is 30.7 Å². The van der Waals surface area contributed by atoms with Crippen molar-refractivity contribution in [3.8, 4) is 5.75 Å². The molecular weight excluding hydrogens is 310 g/mol. The predicted octanol–water partition coefficient (Wildman–Crippen LogP) is 2.84. The number of ether oxygens (including phenoxy) is 1. The summed E-state index contributed by atoms with van der Waals surface area (Å²) in [6.07, 6.45) is 1.82. The van der Waals surface area contributed by atoms with Crippen molar-refractivity contribution >= 4 is 5.82 Å². The molecule has 0 unspecified atom stereocenters. The van der Waals surface area contributed by atoms with Crippen LogP contribution in [0.1, 0.15) is 31.9 Å². The van der Waals surface area contributed by atoms with Crippen LogP contribution in [-0.4, -0.2) is 32.3 Å². The average Bonchev–Trinajstić information content (AvgIpc) is 2.93. The van der Waals surface area contributed by atoms with Crippen molar-refractivity contribution in [3.63, 3.8) is 0 Å². The third-order valence-electron chi connectivity index (χ3n) is 3.70. The van der Waals surface area contributed by atoms with Crippen LogP contribution < -0.4 is 4.74 Å². The van der Waals surface area contributed by atoms with Gasteiger partial charge >= 0.3 is 5.82 Å². The van der Waals surface area contributed by atoms with Crippen LogP contribution >= 0.6 is 0 Å². The molecule has 0 aliphatic carbocycles. The zero-order valence-corrected chi connectivity index (χ0v) is 14.4. The molecule has 7 nitrogen and oxygen atoms in total. The minimum atomic E-state index is -0.791. The van der Waals surface area contributed by atoms with Gasteiger partial charge in [0.25, 0.3) is 0 Å². The van der Waals surface area contributed by atoms with Gasteiger partial charge < -0.3 is 24.5 Å². The summed E-state index contributed by atoms with van der Waals surface area (Å²) < 4.78 is 7.15. The lowest BCUT2D eigenvalue weighted by atomic mass is 9.86. The van der Waals surface area contributed by atoms with Gasteiger partial charge in [-0.1, -0.05) is 32.9 Å². The van der Waals surface area contributed by atoms with E-state index in [9.17, 15) is 15.2 Å². The van der Waals surface area contributed by atoms with E-state index >= 15 is 0 Å². The Labute approximate surface area is 141 Å². The molecular formula is C17H23N3O4. The molecule has 0 saturated carbocycles. The molecule has 0 bridgehead atoms. The SMILES string of the molecule is Cc1cc(C(C)(C)C)ccc1OC[C@H](O)Cn1cnc([N+](=O)[O-])c1. The largest absolute Gasteiger partial charge is 0.491 e. The van der Waals surface area contributed by atoms with Gasteiger partial charge in [-0.3, -0.25) is 0 Å². The number of hydrogen-bond acceptors (Lipinski definition) is 5. The molecule has 1 N–H and O–H groups in total. The minimum Gasteiger partial charge on any atom is -0.491 e. The van der Waals surface area contributed by atoms with Crippen LogP contribution in [0.2, 0.25) is 0 Å². The van der Waals surface area contributed by atoms with E-state index in [-0.39, 0.29) is 24.4 Å². The van der Waals surface area contributed by atoms with Crippen LogP contribution in [0, 0.1) is 17.0 Å². The molecule has 24 heavy (non-hydrogen) atoms. The predicted molar refractivity (Wildman–Crippen MR) is 90.3 cm³/mol. The van der Waals surface area contributed by atoms with E-state index in [0.29, 0.717) is 0 Å². The second-order valence-corrected chi connectivity index (χ2v) is 6.88. The highest BCUT2D eigenvalue weighted by Crippen LogP contribution is 2.27. The molecule has 7 heteroatoms. The number of aliphatic hydroxyl groups excluding tert-OH is 1. The molecule has 1 heterocycles. The van der Waals surface area contributed by atoms with Gasteiger partial charge in [0.15, 0.2) is 0 Å². The first-order valence-electron chi connectivity index (χ1n) is 7.75. The average molecular weight is 333 g/mol. The Kier molecular flexibility index (Phi) is 5.23. The standard InChI is InChI=1S/C17H23N3O4/c1-12-7-13(17(2,3)4)5-6-15(12)24-10-14(21)8-19-9-16(18-11-19)20(22)23/h5-7,9,11,14,21H,8,10H2,1-4H3/t14-/m1/s1. The normalized spacial score (nSPS) is 12.9. The van der Waals surface area contributed by atoms with Crippen molar-refractivity contribution in [2.75, 3.05) is 6.61 Å². The lowest BCUT2D eigenvalue weighted by molar-refractivity contribution is -0.389. The molecule has 0 amide bonds. The molecule has 1 aromatic heterocycles. The fourth-order valence-electron chi connectivity index (χ4n) is 2.30. The van der Waals surface area contributed by atoms with Crippen LogP contribution in [0.4, 0.5) is 5.82 Å². The molecule has 1 aromatic carbocycles. The number of rotatable bonds is 6. The van der Waals surface area contributed by atoms with E-state index in [1.165, 1.54) is 22.7 Å². The number of nitrogens with zero attached hydrogens (tertiary/aromatic N) is 3. The maximum Gasteiger partial charge on any atom is 0.381 e. The smallest absolute Gasteiger partial charge is 0.381 e. The number of aromatic nitrogens is 2. The molecule has 2 rings (SSSR count). The number of aryl methyl sites for hydroxylation is 1. The van der Waals surface area contributed by atoms with E-state index < -0.39 is 11.0 Å². The summed E-state index contributed by atoms with van der Waals surface area (Å²) in [7, 11) is 0. The van der Waals surface area contributed by atoms with Crippen molar-refractivity contribution < 1.29 is 14.8 Å². The van der Waals surface area contributed by atoms with Crippen molar-refractivity contribution in [2.45, 2.75) is 45.8 Å². The number of nitro groups is 1. The number of imidazole rings is 1. The fourth-order valence-corrected chi connectivity index (χ4v) is 2.30. The summed E-state index contributed by atoms with van der Waals surface area (Å²) in [5.74, 6) is 0.482. The highest BCUT2D eigenvalue weighted by Gasteiger charge is 2.16. The highest BCUT2D eigenvalue weighted by molar-refractivity contribution is 5.38. The van der Waals surface area contributed by atoms with E-state index in [0.717, 1.165) is 11.3 Å². The Morgan fingerprint density at radius 3 is 2.67 bits per heavy atom. The van der Waals surface area contributed by atoms with Gasteiger partial charge in [0.05, 0.1) is 6.54 Å². The number of hydrogen-bond donors (Lipinski definition) is 1. The molecule has 130 valence electrons. The topological polar surface area (TPSA) is 90.4 Å². The first-order valence-corrected chi connectivity index (χ1v) is 7.75. The quantitative estimate of drug-likeness (QED) is 0.648. The Morgan fingerprint density at radius 2 is 2.12 bits per heavy atom. The van der Waals surface area contributed by atoms with Crippen LogP contribution in [0.3, 0.4) is 0 Å². The lowest BCUT2D eigenvalue weighted by Crippen LogP contribution is -2.23. The molecule has 0 radical (unpaired) electrons. The van der Waals surface area contributed by atoms with E-state index in [1.807, 2.05) is 19.1 Å². The molecule has 0 spiro atoms. The highest BCUT2D eigenvalue weighted by atomic mass is 16.6. The van der Waals surface area contributed by atoms with Gasteiger partial charge in [0.1, 0.15) is 24.7 Å². The monoisotopic (exact) mass is 333 g/mol. The Balaban J connectivity index is 1.93. The maximum atomic E-state index is 10.6. The second-order valence-electron chi connectivity index (χ2n) is 6.88. The second kappa shape index (κ2) is 7.00. The summed E-state index contributed by atoms with van der Waals surface area (Å²) >= 11 is 0. The van der Waals surface area contributed by atoms with Gasteiger partial charge in [-0.25, -0.2) is 0 Å². The van der Waals surface area contributed by atoms with Gasteiger partial charge in [-0.05, 0) is 39.4 Å². The number of benzene rings is 1. The zero-order chi connectivity index (χ0) is 17.9. The van der Waals surface area contributed by atoms with Crippen molar-refractivity contribution in [1.29, 1.82) is 0 Å². The van der Waals surface area contributed by atoms with Gasteiger partial charge in [-0.2, -0.15) is 0 Å². The van der Waals surface area contributed by atoms with Gasteiger partial charge in [0.2, 0.25) is 6.33 Å². The van der Waals surface area contributed by atoms with Gasteiger partial charge in [-0.15, -0.1) is 0 Å². The van der Waals surface area contributed by atoms with E-state index in [1.54, 1.807) is 0 Å². The summed E-state index contributed by atoms with van der Waals surface area (Å²) in [5, 5.41) is 20.6. The molecule has 0 saturated heterocycles. The Hall–Kier alpha value is -2.41. The molecule has 0 aliphatic rings. The van der Waals surface area contributed by atoms with Gasteiger partial charge in [0, 0.05) is 0 Å². The molecule has 0 aliphatic heterocycles. The Morgan fingerprint density at radius 1 is 1.42 bits per heavy atom. The van der Waals surface area contributed by atoms with Crippen LogP contribution in [0.5, 0.6) is 5.75 Å². The molecule has 0 fully saturated rings. The van der Waals surface area contributed by atoms with Crippen molar-refractivity contribution in [1.82, 2.24) is 9.55 Å². The number of aliphatic hydroxyl groups is 1. The summed E-state index contributed by atoms with van der Waals surface area (Å²) in [4.78, 5) is 13.7. The zero-order valence-electron chi connectivity index (χ0n) is 14.4. The van der Waals surface area contributed by atoms with Crippen LogP contribution in [-0.2, 0) is 12.0 Å². The maximum absolute atomic E-state index is 10.6. The lowest BCUT2D eigenvalue weighted by Gasteiger charge is -2.21. The van der Waals surface area contributed by atoms with E-state index in [4.69, 9.17) is 4.74 Å². The van der Waals surface area contributed by atoms with Crippen molar-refractivity contribution in [2.24, 2.45) is 0 Å². The first-order chi connectivity index (χ1) is 11.2. The Bertz CT molecular complexity index is 719. The third-order valence-corrected chi connectivity index (χ3v) is 3.70. The molecule has 2 aromatic rings. The van der Waals surface area contributed by atoms with Crippen LogP contribution in [0.25, 0.3) is 0 Å². The fraction of sp³-hybridized carbons (Fsp3) is 0.471. The summed E-state index contributed by atoms with van der Waals surface area (Å²) in [6.45, 7) is 8.70. The third kappa shape index (κ3) is 4.55. The minimum absolute atomic E-state index is 0.0684. The summed E-state index contributed by atoms with van der Waals surface area (Å²) in [6, 6.07) is 6.01. The molecule has 1 atom stereocenters. The van der Waals surface area contributed by atoms with Crippen molar-refractivity contribution in [3.05, 3.63) is 52.0 Å². The first kappa shape index (κ1) is 17.9.